The summed E-state index contributed by atoms with van der Waals surface area (Å²) in [6.45, 7) is 0.426. The fourth-order valence-electron chi connectivity index (χ4n) is 3.47. The van der Waals surface area contributed by atoms with E-state index in [0.29, 0.717) is 34.1 Å². The van der Waals surface area contributed by atoms with Gasteiger partial charge in [0.2, 0.25) is 17.3 Å². The molecule has 4 aromatic rings. The highest BCUT2D eigenvalue weighted by molar-refractivity contribution is 7.98. The van der Waals surface area contributed by atoms with E-state index in [0.717, 1.165) is 22.4 Å². The van der Waals surface area contributed by atoms with Crippen LogP contribution in [0.3, 0.4) is 0 Å². The van der Waals surface area contributed by atoms with Crippen molar-refractivity contribution >= 4 is 29.1 Å². The number of hydrogen-bond acceptors (Lipinski definition) is 7. The van der Waals surface area contributed by atoms with E-state index in [4.69, 9.17) is 21.1 Å². The number of halogens is 1. The van der Waals surface area contributed by atoms with Crippen LogP contribution in [0.2, 0.25) is 5.02 Å². The summed E-state index contributed by atoms with van der Waals surface area (Å²) < 4.78 is 12.5. The number of ether oxygens (including phenoxy) is 2. The fourth-order valence-corrected chi connectivity index (χ4v) is 3.94. The first-order valence-corrected chi connectivity index (χ1v) is 11.6. The fraction of sp³-hybridized carbons (Fsp3) is 0.125. The summed E-state index contributed by atoms with van der Waals surface area (Å²) in [7, 11) is 0. The van der Waals surface area contributed by atoms with Crippen molar-refractivity contribution in [3.05, 3.63) is 88.9 Å². The van der Waals surface area contributed by atoms with E-state index < -0.39 is 6.23 Å². The minimum Gasteiger partial charge on any atom is -0.488 e. The van der Waals surface area contributed by atoms with Gasteiger partial charge in [-0.2, -0.15) is 4.98 Å². The molecule has 0 bridgehead atoms. The number of thioether (sulfide) groups is 1. The van der Waals surface area contributed by atoms with Gasteiger partial charge in [0.15, 0.2) is 5.69 Å². The van der Waals surface area contributed by atoms with Crippen molar-refractivity contribution in [3.8, 4) is 22.9 Å². The third-order valence-electron chi connectivity index (χ3n) is 5.01. The number of benzene rings is 3. The van der Waals surface area contributed by atoms with Gasteiger partial charge in [-0.15, -0.1) is 10.2 Å². The molecule has 1 aliphatic rings. The van der Waals surface area contributed by atoms with Crippen molar-refractivity contribution < 1.29 is 9.47 Å². The molecule has 2 heterocycles. The molecule has 6 nitrogen and oxygen atoms in total. The molecule has 1 N–H and O–H groups in total. The minimum atomic E-state index is -0.590. The number of hydrogen-bond donors (Lipinski definition) is 1. The van der Waals surface area contributed by atoms with Crippen LogP contribution in [-0.2, 0) is 6.61 Å². The van der Waals surface area contributed by atoms with E-state index in [1.807, 2.05) is 73.0 Å². The summed E-state index contributed by atoms with van der Waals surface area (Å²) in [5, 5.41) is 13.1. The lowest BCUT2D eigenvalue weighted by Gasteiger charge is -2.22. The average Bonchev–Trinajstić information content (AvgIpc) is 3.00. The lowest BCUT2D eigenvalue weighted by atomic mass is 10.1. The van der Waals surface area contributed by atoms with Gasteiger partial charge in [-0.1, -0.05) is 71.9 Å². The number of anilines is 1. The lowest BCUT2D eigenvalue weighted by molar-refractivity contribution is 0.214. The number of fused-ring (bicyclic) bond motifs is 3. The number of para-hydroxylation sites is 1. The quantitative estimate of drug-likeness (QED) is 0.365. The molecule has 0 saturated heterocycles. The standard InChI is InChI=1S/C24H19ClN4O2S/c1-32-24-27-23-21(28-29-24)17-9-5-6-10-19(17)26-22(31-23)18-13-16(25)11-12-20(18)30-14-15-7-3-2-4-8-15/h2-13,22,26H,14H2,1H3/t22-/m1/s1. The first kappa shape index (κ1) is 20.6. The number of nitrogens with zero attached hydrogens (tertiary/aromatic N) is 3. The Bertz CT molecular complexity index is 1260. The summed E-state index contributed by atoms with van der Waals surface area (Å²) >= 11 is 7.77. The lowest BCUT2D eigenvalue weighted by Crippen LogP contribution is -2.18. The maximum atomic E-state index is 6.36. The molecule has 0 unspecified atom stereocenters. The summed E-state index contributed by atoms with van der Waals surface area (Å²) in [6.07, 6.45) is 1.31. The Hall–Kier alpha value is -3.29. The summed E-state index contributed by atoms with van der Waals surface area (Å²) in [4.78, 5) is 4.57. The van der Waals surface area contributed by atoms with E-state index in [1.165, 1.54) is 11.8 Å². The smallest absolute Gasteiger partial charge is 0.247 e. The molecule has 1 atom stereocenters. The molecule has 5 rings (SSSR count). The second kappa shape index (κ2) is 9.06. The summed E-state index contributed by atoms with van der Waals surface area (Å²) in [6, 6.07) is 23.3. The zero-order chi connectivity index (χ0) is 21.9. The number of rotatable bonds is 5. The van der Waals surface area contributed by atoms with Crippen LogP contribution in [0.4, 0.5) is 5.69 Å². The van der Waals surface area contributed by atoms with Gasteiger partial charge in [0, 0.05) is 16.3 Å². The second-order valence-corrected chi connectivity index (χ2v) is 8.31. The van der Waals surface area contributed by atoms with Gasteiger partial charge in [-0.3, -0.25) is 0 Å². The average molecular weight is 463 g/mol. The largest absolute Gasteiger partial charge is 0.488 e. The van der Waals surface area contributed by atoms with E-state index in [1.54, 1.807) is 6.07 Å². The zero-order valence-corrected chi connectivity index (χ0v) is 18.7. The van der Waals surface area contributed by atoms with Gasteiger partial charge in [0.25, 0.3) is 0 Å². The molecule has 8 heteroatoms. The third kappa shape index (κ3) is 4.22. The van der Waals surface area contributed by atoms with Crippen molar-refractivity contribution in [1.82, 2.24) is 15.2 Å². The first-order valence-electron chi connectivity index (χ1n) is 9.99. The van der Waals surface area contributed by atoms with Gasteiger partial charge in [-0.25, -0.2) is 0 Å². The Morgan fingerprint density at radius 1 is 1.03 bits per heavy atom. The maximum Gasteiger partial charge on any atom is 0.247 e. The van der Waals surface area contributed by atoms with Crippen LogP contribution in [0.5, 0.6) is 11.6 Å². The molecule has 160 valence electrons. The summed E-state index contributed by atoms with van der Waals surface area (Å²) in [5.41, 5.74) is 4.15. The van der Waals surface area contributed by atoms with Crippen LogP contribution in [0, 0.1) is 0 Å². The van der Waals surface area contributed by atoms with Gasteiger partial charge in [0.05, 0.1) is 5.56 Å². The Balaban J connectivity index is 1.55. The van der Waals surface area contributed by atoms with Crippen molar-refractivity contribution in [3.63, 3.8) is 0 Å². The van der Waals surface area contributed by atoms with Crippen LogP contribution in [0.1, 0.15) is 17.4 Å². The molecule has 0 spiro atoms. The molecular weight excluding hydrogens is 444 g/mol. The van der Waals surface area contributed by atoms with Gasteiger partial charge >= 0.3 is 0 Å². The second-order valence-electron chi connectivity index (χ2n) is 7.10. The monoisotopic (exact) mass is 462 g/mol. The van der Waals surface area contributed by atoms with E-state index in [9.17, 15) is 0 Å². The Morgan fingerprint density at radius 2 is 1.84 bits per heavy atom. The highest BCUT2D eigenvalue weighted by atomic mass is 35.5. The molecule has 0 saturated carbocycles. The SMILES string of the molecule is CSc1nnc2c(n1)O[C@H](c1cc(Cl)ccc1OCc1ccccc1)Nc1ccccc1-2. The molecular formula is C24H19ClN4O2S. The van der Waals surface area contributed by atoms with Crippen LogP contribution in [0.25, 0.3) is 11.3 Å². The molecule has 0 amide bonds. The highest BCUT2D eigenvalue weighted by Gasteiger charge is 2.28. The number of aromatic nitrogens is 3. The van der Waals surface area contributed by atoms with Crippen LogP contribution >= 0.6 is 23.4 Å². The van der Waals surface area contributed by atoms with Crippen LogP contribution in [0.15, 0.2) is 78.0 Å². The third-order valence-corrected chi connectivity index (χ3v) is 5.78. The predicted octanol–water partition coefficient (Wildman–Crippen LogP) is 6.00. The highest BCUT2D eigenvalue weighted by Crippen LogP contribution is 2.41. The normalized spacial score (nSPS) is 14.4. The maximum absolute atomic E-state index is 6.36. The molecule has 0 aliphatic carbocycles. The topological polar surface area (TPSA) is 69.2 Å². The van der Waals surface area contributed by atoms with Crippen molar-refractivity contribution in [2.24, 2.45) is 0 Å². The van der Waals surface area contributed by atoms with Gasteiger partial charge < -0.3 is 14.8 Å². The number of nitrogens with one attached hydrogen (secondary N) is 1. The Labute approximate surface area is 195 Å². The van der Waals surface area contributed by atoms with Crippen molar-refractivity contribution in [2.45, 2.75) is 18.0 Å². The Kier molecular flexibility index (Phi) is 5.83. The van der Waals surface area contributed by atoms with Crippen molar-refractivity contribution in [1.29, 1.82) is 0 Å². The molecule has 1 aromatic heterocycles. The molecule has 3 aromatic carbocycles. The molecule has 32 heavy (non-hydrogen) atoms. The molecule has 0 radical (unpaired) electrons. The summed E-state index contributed by atoms with van der Waals surface area (Å²) in [5.74, 6) is 1.07. The zero-order valence-electron chi connectivity index (χ0n) is 17.2. The van der Waals surface area contributed by atoms with Crippen molar-refractivity contribution in [2.75, 3.05) is 11.6 Å². The van der Waals surface area contributed by atoms with Crippen LogP contribution < -0.4 is 14.8 Å². The van der Waals surface area contributed by atoms with Gasteiger partial charge in [0.1, 0.15) is 12.4 Å². The van der Waals surface area contributed by atoms with Gasteiger partial charge in [-0.05, 0) is 36.1 Å². The first-order chi connectivity index (χ1) is 15.7. The Morgan fingerprint density at radius 3 is 2.69 bits per heavy atom. The van der Waals surface area contributed by atoms with E-state index in [2.05, 4.69) is 20.5 Å². The van der Waals surface area contributed by atoms with Crippen LogP contribution in [-0.4, -0.2) is 21.4 Å². The van der Waals surface area contributed by atoms with E-state index >= 15 is 0 Å². The molecule has 1 aliphatic heterocycles. The van der Waals surface area contributed by atoms with E-state index in [-0.39, 0.29) is 0 Å². The predicted molar refractivity (Wildman–Crippen MR) is 126 cm³/mol. The molecule has 0 fully saturated rings. The minimum absolute atomic E-state index is 0.404.